The maximum atomic E-state index is 13.1. The number of benzene rings is 1. The molecule has 8 nitrogen and oxygen atoms in total. The summed E-state index contributed by atoms with van der Waals surface area (Å²) in [6.07, 6.45) is -0.279. The zero-order chi connectivity index (χ0) is 23.9. The lowest BCUT2D eigenvalue weighted by Gasteiger charge is -2.33. The first kappa shape index (κ1) is 23.1. The molecule has 0 spiro atoms. The molecule has 2 aliphatic rings. The van der Waals surface area contributed by atoms with Crippen molar-refractivity contribution in [3.8, 4) is 5.75 Å². The van der Waals surface area contributed by atoms with Crippen LogP contribution in [0.5, 0.6) is 5.75 Å². The van der Waals surface area contributed by atoms with E-state index in [-0.39, 0.29) is 30.1 Å². The number of aromatic nitrogens is 3. The number of pyridine rings is 1. The minimum atomic E-state index is -4.84. The van der Waals surface area contributed by atoms with E-state index < -0.39 is 22.1 Å². The Balaban J connectivity index is 1.34. The first-order chi connectivity index (χ1) is 16.2. The lowest BCUT2D eigenvalue weighted by Crippen LogP contribution is -2.39. The number of hydrogen-bond acceptors (Lipinski definition) is 6. The third-order valence-corrected chi connectivity index (χ3v) is 8.09. The predicted octanol–water partition coefficient (Wildman–Crippen LogP) is 4.21. The van der Waals surface area contributed by atoms with Crippen molar-refractivity contribution in [2.45, 2.75) is 49.1 Å². The van der Waals surface area contributed by atoms with Crippen LogP contribution in [0.15, 0.2) is 47.5 Å². The minimum absolute atomic E-state index is 0.00751. The van der Waals surface area contributed by atoms with Gasteiger partial charge in [0.2, 0.25) is 10.0 Å². The number of halogens is 3. The van der Waals surface area contributed by atoms with Crippen molar-refractivity contribution >= 4 is 21.2 Å². The number of piperidine rings is 1. The first-order valence-electron chi connectivity index (χ1n) is 11.0. The van der Waals surface area contributed by atoms with Gasteiger partial charge in [0.1, 0.15) is 23.2 Å². The Kier molecular flexibility index (Phi) is 5.98. The third kappa shape index (κ3) is 4.49. The minimum Gasteiger partial charge on any atom is -0.406 e. The number of sulfonamides is 1. The molecule has 1 atom stereocenters. The summed E-state index contributed by atoms with van der Waals surface area (Å²) >= 11 is 0. The zero-order valence-electron chi connectivity index (χ0n) is 18.1. The summed E-state index contributed by atoms with van der Waals surface area (Å²) in [5, 5.41) is 0. The van der Waals surface area contributed by atoms with Crippen molar-refractivity contribution in [3.05, 3.63) is 48.4 Å². The summed E-state index contributed by atoms with van der Waals surface area (Å²) < 4.78 is 76.4. The number of rotatable bonds is 5. The largest absolute Gasteiger partial charge is 0.573 e. The second-order valence-electron chi connectivity index (χ2n) is 8.34. The first-order valence-corrected chi connectivity index (χ1v) is 12.5. The van der Waals surface area contributed by atoms with Crippen LogP contribution in [0.25, 0.3) is 11.2 Å². The Morgan fingerprint density at radius 3 is 2.44 bits per heavy atom. The fourth-order valence-corrected chi connectivity index (χ4v) is 6.09. The average molecular weight is 497 g/mol. The highest BCUT2D eigenvalue weighted by Gasteiger charge is 2.35. The van der Waals surface area contributed by atoms with Gasteiger partial charge in [-0.3, -0.25) is 0 Å². The van der Waals surface area contributed by atoms with Gasteiger partial charge in [-0.05, 0) is 62.1 Å². The van der Waals surface area contributed by atoms with Crippen molar-refractivity contribution in [1.82, 2.24) is 18.8 Å². The predicted molar refractivity (Wildman–Crippen MR) is 116 cm³/mol. The van der Waals surface area contributed by atoms with E-state index in [4.69, 9.17) is 9.72 Å². The van der Waals surface area contributed by atoms with Crippen LogP contribution < -0.4 is 4.74 Å². The lowest BCUT2D eigenvalue weighted by molar-refractivity contribution is -0.274. The van der Waals surface area contributed by atoms with Gasteiger partial charge >= 0.3 is 6.36 Å². The number of hydrogen-bond donors (Lipinski definition) is 0. The van der Waals surface area contributed by atoms with Crippen molar-refractivity contribution in [3.63, 3.8) is 0 Å². The van der Waals surface area contributed by atoms with Gasteiger partial charge < -0.3 is 14.0 Å². The Morgan fingerprint density at radius 1 is 1.06 bits per heavy atom. The normalized spacial score (nSPS) is 20.7. The number of fused-ring (bicyclic) bond motifs is 1. The quantitative estimate of drug-likeness (QED) is 0.526. The topological polar surface area (TPSA) is 86.6 Å². The van der Waals surface area contributed by atoms with Crippen LogP contribution in [0.2, 0.25) is 0 Å². The van der Waals surface area contributed by atoms with Crippen molar-refractivity contribution in [1.29, 1.82) is 0 Å². The van der Waals surface area contributed by atoms with Gasteiger partial charge in [0.15, 0.2) is 5.65 Å². The van der Waals surface area contributed by atoms with Gasteiger partial charge in [0.05, 0.1) is 4.90 Å². The van der Waals surface area contributed by atoms with Crippen LogP contribution >= 0.6 is 0 Å². The summed E-state index contributed by atoms with van der Waals surface area (Å²) in [7, 11) is -3.85. The molecule has 0 amide bonds. The lowest BCUT2D eigenvalue weighted by atomic mass is 10.1. The molecule has 1 aromatic carbocycles. The summed E-state index contributed by atoms with van der Waals surface area (Å²) in [5.41, 5.74) is 1.54. The van der Waals surface area contributed by atoms with Crippen LogP contribution in [0.3, 0.4) is 0 Å². The van der Waals surface area contributed by atoms with E-state index in [1.165, 1.54) is 4.31 Å². The molecule has 0 saturated carbocycles. The monoisotopic (exact) mass is 496 g/mol. The van der Waals surface area contributed by atoms with Gasteiger partial charge in [-0.2, -0.15) is 4.31 Å². The summed E-state index contributed by atoms with van der Waals surface area (Å²) in [6, 6.07) is 8.01. The molecule has 2 aliphatic heterocycles. The maximum absolute atomic E-state index is 13.1. The van der Waals surface area contributed by atoms with Crippen LogP contribution in [0.4, 0.5) is 13.2 Å². The molecule has 4 heterocycles. The Labute approximate surface area is 194 Å². The summed E-state index contributed by atoms with van der Waals surface area (Å²) in [5.74, 6) is 0.360. The van der Waals surface area contributed by atoms with Crippen molar-refractivity contribution in [2.24, 2.45) is 0 Å². The molecule has 182 valence electrons. The molecule has 2 fully saturated rings. The SMILES string of the molecule is O=S(=O)(c1ccc(OC(F)(F)F)cc1)N1CCC(n2c(C3CCCO3)nc3cccnc32)CC1. The van der Waals surface area contributed by atoms with Crippen LogP contribution in [-0.4, -0.2) is 53.3 Å². The number of imidazole rings is 1. The molecule has 0 bridgehead atoms. The molecule has 0 aliphatic carbocycles. The highest BCUT2D eigenvalue weighted by molar-refractivity contribution is 7.89. The zero-order valence-corrected chi connectivity index (χ0v) is 18.9. The van der Waals surface area contributed by atoms with Crippen molar-refractivity contribution in [2.75, 3.05) is 19.7 Å². The fraction of sp³-hybridized carbons (Fsp3) is 0.455. The molecule has 0 N–H and O–H groups in total. The van der Waals surface area contributed by atoms with Gasteiger partial charge in [0, 0.05) is 31.9 Å². The summed E-state index contributed by atoms with van der Waals surface area (Å²) in [6.45, 7) is 1.22. The Morgan fingerprint density at radius 2 is 1.79 bits per heavy atom. The second kappa shape index (κ2) is 8.82. The van der Waals surface area contributed by atoms with Crippen LogP contribution in [0.1, 0.15) is 43.7 Å². The fourth-order valence-electron chi connectivity index (χ4n) is 4.62. The van der Waals surface area contributed by atoms with Gasteiger partial charge in [-0.1, -0.05) is 0 Å². The van der Waals surface area contributed by atoms with Gasteiger partial charge in [-0.25, -0.2) is 18.4 Å². The number of nitrogens with zero attached hydrogens (tertiary/aromatic N) is 4. The van der Waals surface area contributed by atoms with Crippen molar-refractivity contribution < 1.29 is 31.1 Å². The maximum Gasteiger partial charge on any atom is 0.573 e. The Bertz CT molecular complexity index is 1260. The molecule has 2 aromatic heterocycles. The summed E-state index contributed by atoms with van der Waals surface area (Å²) in [4.78, 5) is 9.22. The van der Waals surface area contributed by atoms with Gasteiger partial charge in [0.25, 0.3) is 0 Å². The molecule has 1 unspecified atom stereocenters. The third-order valence-electron chi connectivity index (χ3n) is 6.18. The molecular weight excluding hydrogens is 473 g/mol. The standard InChI is InChI=1S/C22H23F3N4O4S/c23-22(24,25)33-16-5-7-17(8-6-16)34(30,31)28-12-9-15(10-13-28)29-20-18(3-1-11-26-20)27-21(29)19-4-2-14-32-19/h1,3,5-8,11,15,19H,2,4,9-10,12-14H2. The molecule has 5 rings (SSSR count). The molecule has 2 saturated heterocycles. The smallest absolute Gasteiger partial charge is 0.406 e. The number of alkyl halides is 3. The molecule has 3 aromatic rings. The second-order valence-corrected chi connectivity index (χ2v) is 10.3. The average Bonchev–Trinajstić information content (AvgIpc) is 3.46. The highest BCUT2D eigenvalue weighted by atomic mass is 32.2. The van der Waals surface area contributed by atoms with E-state index in [0.29, 0.717) is 19.4 Å². The van der Waals surface area contributed by atoms with Gasteiger partial charge in [-0.15, -0.1) is 13.2 Å². The van der Waals surface area contributed by atoms with E-state index in [9.17, 15) is 21.6 Å². The molecule has 34 heavy (non-hydrogen) atoms. The highest BCUT2D eigenvalue weighted by Crippen LogP contribution is 2.36. The molecule has 0 radical (unpaired) electrons. The van der Waals surface area contributed by atoms with E-state index in [1.54, 1.807) is 6.20 Å². The molecular formula is C22H23F3N4O4S. The van der Waals surface area contributed by atoms with E-state index in [1.807, 2.05) is 12.1 Å². The van der Waals surface area contributed by atoms with E-state index in [0.717, 1.165) is 54.1 Å². The number of ether oxygens (including phenoxy) is 2. The van der Waals surface area contributed by atoms with E-state index >= 15 is 0 Å². The van der Waals surface area contributed by atoms with E-state index in [2.05, 4.69) is 14.3 Å². The molecule has 12 heteroatoms. The Hall–Kier alpha value is -2.70. The van der Waals surface area contributed by atoms with Crippen LogP contribution in [0, 0.1) is 0 Å². The van der Waals surface area contributed by atoms with Crippen LogP contribution in [-0.2, 0) is 14.8 Å².